The number of fused-ring (bicyclic) bond motifs is 5. The number of carboxylic acids is 1. The number of nitrogens with zero attached hydrogens (tertiary/aromatic N) is 1. The maximum atomic E-state index is 12.7. The Balaban J connectivity index is 1.72. The van der Waals surface area contributed by atoms with Crippen molar-refractivity contribution in [2.75, 3.05) is 6.54 Å². The van der Waals surface area contributed by atoms with Crippen molar-refractivity contribution in [3.63, 3.8) is 0 Å². The average molecular weight is 418 g/mol. The summed E-state index contributed by atoms with van der Waals surface area (Å²) in [5.41, 5.74) is 4.81. The van der Waals surface area contributed by atoms with E-state index in [9.17, 15) is 27.9 Å². The van der Waals surface area contributed by atoms with Gasteiger partial charge in [-0.2, -0.15) is 13.2 Å². The minimum absolute atomic E-state index is 0.0614. The van der Waals surface area contributed by atoms with Gasteiger partial charge in [-0.25, -0.2) is 4.79 Å². The molecule has 0 aromatic heterocycles. The summed E-state index contributed by atoms with van der Waals surface area (Å²) in [6.07, 6.45) is 1.71. The molecule has 0 saturated heterocycles. The number of rotatable bonds is 2. The number of aliphatic carboxylic acids is 1. The smallest absolute Gasteiger partial charge is 0.471 e. The van der Waals surface area contributed by atoms with Crippen molar-refractivity contribution in [2.45, 2.75) is 44.4 Å². The first-order chi connectivity index (χ1) is 14.1. The zero-order chi connectivity index (χ0) is 21.6. The molecule has 2 heterocycles. The summed E-state index contributed by atoms with van der Waals surface area (Å²) in [5.74, 6) is -2.91. The van der Waals surface area contributed by atoms with E-state index in [0.717, 1.165) is 28.0 Å². The van der Waals surface area contributed by atoms with Gasteiger partial charge < -0.3 is 15.3 Å². The molecule has 0 spiro atoms. The molecular formula is C22H21F3N2O3. The SMILES string of the molecule is Cc1cccc2c1C1=CC(C(=O)O)=CCN1C1CCC(NC(=O)C(F)(F)F)CC1=C2. The molecule has 1 aliphatic carbocycles. The number of benzene rings is 1. The summed E-state index contributed by atoms with van der Waals surface area (Å²) in [6.45, 7) is 2.36. The van der Waals surface area contributed by atoms with Crippen LogP contribution in [-0.4, -0.2) is 46.7 Å². The van der Waals surface area contributed by atoms with E-state index in [1.807, 2.05) is 31.2 Å². The van der Waals surface area contributed by atoms with Gasteiger partial charge in [0.15, 0.2) is 0 Å². The molecule has 1 fully saturated rings. The molecule has 1 saturated carbocycles. The molecule has 4 rings (SSSR count). The number of amides is 1. The molecule has 2 atom stereocenters. The predicted molar refractivity (Wildman–Crippen MR) is 105 cm³/mol. The Bertz CT molecular complexity index is 1010. The van der Waals surface area contributed by atoms with Crippen molar-refractivity contribution in [2.24, 2.45) is 0 Å². The molecule has 2 aliphatic heterocycles. The van der Waals surface area contributed by atoms with Crippen LogP contribution in [0.5, 0.6) is 0 Å². The van der Waals surface area contributed by atoms with Gasteiger partial charge in [-0.05, 0) is 49.0 Å². The lowest BCUT2D eigenvalue weighted by molar-refractivity contribution is -0.174. The summed E-state index contributed by atoms with van der Waals surface area (Å²) in [4.78, 5) is 25.1. The van der Waals surface area contributed by atoms with E-state index in [2.05, 4.69) is 10.2 Å². The van der Waals surface area contributed by atoms with Crippen molar-refractivity contribution >= 4 is 23.6 Å². The topological polar surface area (TPSA) is 69.6 Å². The molecule has 0 bridgehead atoms. The molecule has 30 heavy (non-hydrogen) atoms. The fourth-order valence-corrected chi connectivity index (χ4v) is 4.57. The molecule has 5 nitrogen and oxygen atoms in total. The van der Waals surface area contributed by atoms with Gasteiger partial charge in [0.2, 0.25) is 0 Å². The van der Waals surface area contributed by atoms with Crippen molar-refractivity contribution in [1.82, 2.24) is 10.2 Å². The zero-order valence-electron chi connectivity index (χ0n) is 16.3. The Morgan fingerprint density at radius 2 is 1.97 bits per heavy atom. The molecule has 1 amide bonds. The maximum Gasteiger partial charge on any atom is 0.471 e. The largest absolute Gasteiger partial charge is 0.478 e. The second kappa shape index (κ2) is 7.34. The number of nitrogens with one attached hydrogen (secondary N) is 1. The quantitative estimate of drug-likeness (QED) is 0.769. The highest BCUT2D eigenvalue weighted by atomic mass is 19.4. The first-order valence-electron chi connectivity index (χ1n) is 9.75. The number of carboxylic acid groups (broad SMARTS) is 1. The number of carbonyl (C=O) groups excluding carboxylic acids is 1. The highest BCUT2D eigenvalue weighted by Gasteiger charge is 2.42. The first-order valence-corrected chi connectivity index (χ1v) is 9.75. The number of aryl methyl sites for hydroxylation is 1. The standard InChI is InChI=1S/C22H21F3N2O3/c1-12-3-2-4-13-9-15-10-16(26-21(30)22(23,24)25)5-6-17(15)27-8-7-14(20(28)29)11-18(27)19(12)13/h2-4,7,9,11,16-17H,5-6,8,10H2,1H3,(H,26,30)(H,28,29). The van der Waals surface area contributed by atoms with Gasteiger partial charge in [-0.1, -0.05) is 30.4 Å². The van der Waals surface area contributed by atoms with Crippen LogP contribution >= 0.6 is 0 Å². The van der Waals surface area contributed by atoms with Crippen molar-refractivity contribution < 1.29 is 27.9 Å². The Morgan fingerprint density at radius 3 is 2.67 bits per heavy atom. The van der Waals surface area contributed by atoms with Gasteiger partial charge in [0, 0.05) is 23.8 Å². The van der Waals surface area contributed by atoms with E-state index in [4.69, 9.17) is 0 Å². The van der Waals surface area contributed by atoms with E-state index in [-0.39, 0.29) is 11.6 Å². The number of alkyl halides is 3. The van der Waals surface area contributed by atoms with E-state index in [1.165, 1.54) is 0 Å². The highest BCUT2D eigenvalue weighted by molar-refractivity contribution is 5.94. The van der Waals surface area contributed by atoms with E-state index >= 15 is 0 Å². The van der Waals surface area contributed by atoms with Gasteiger partial charge in [-0.3, -0.25) is 4.79 Å². The first kappa shape index (κ1) is 20.3. The lowest BCUT2D eigenvalue weighted by Gasteiger charge is -2.41. The Labute approximate surface area is 171 Å². The van der Waals surface area contributed by atoms with Crippen LogP contribution in [0.2, 0.25) is 0 Å². The van der Waals surface area contributed by atoms with Gasteiger partial charge >= 0.3 is 18.1 Å². The normalized spacial score (nSPS) is 23.1. The number of hydrogen-bond acceptors (Lipinski definition) is 3. The average Bonchev–Trinajstić information content (AvgIpc) is 2.81. The second-order valence-corrected chi connectivity index (χ2v) is 7.87. The third-order valence-electron chi connectivity index (χ3n) is 5.93. The number of hydrogen-bond donors (Lipinski definition) is 2. The summed E-state index contributed by atoms with van der Waals surface area (Å²) >= 11 is 0. The van der Waals surface area contributed by atoms with E-state index in [1.54, 1.807) is 12.2 Å². The summed E-state index contributed by atoms with van der Waals surface area (Å²) in [5, 5.41) is 11.6. The molecule has 3 aliphatic rings. The molecule has 2 N–H and O–H groups in total. The lowest BCUT2D eigenvalue weighted by Crippen LogP contribution is -2.48. The van der Waals surface area contributed by atoms with Gasteiger partial charge in [0.05, 0.1) is 11.6 Å². The van der Waals surface area contributed by atoms with Gasteiger partial charge in [-0.15, -0.1) is 0 Å². The van der Waals surface area contributed by atoms with Crippen LogP contribution in [0.15, 0.2) is 41.5 Å². The monoisotopic (exact) mass is 418 g/mol. The van der Waals surface area contributed by atoms with Crippen LogP contribution < -0.4 is 5.32 Å². The molecular weight excluding hydrogens is 397 g/mol. The predicted octanol–water partition coefficient (Wildman–Crippen LogP) is 3.66. The highest BCUT2D eigenvalue weighted by Crippen LogP contribution is 2.42. The van der Waals surface area contributed by atoms with Crippen LogP contribution in [0.4, 0.5) is 13.2 Å². The summed E-state index contributed by atoms with van der Waals surface area (Å²) in [7, 11) is 0. The lowest BCUT2D eigenvalue weighted by atomic mass is 9.84. The zero-order valence-corrected chi connectivity index (χ0v) is 16.3. The molecule has 1 aromatic carbocycles. The molecule has 158 valence electrons. The van der Waals surface area contributed by atoms with E-state index in [0.29, 0.717) is 25.8 Å². The van der Waals surface area contributed by atoms with Crippen LogP contribution in [0.3, 0.4) is 0 Å². The van der Waals surface area contributed by atoms with Gasteiger partial charge in [0.1, 0.15) is 0 Å². The van der Waals surface area contributed by atoms with Crippen molar-refractivity contribution in [3.05, 3.63) is 58.2 Å². The number of carbonyl (C=O) groups is 2. The number of halogens is 3. The summed E-state index contributed by atoms with van der Waals surface area (Å²) in [6, 6.07) is 5.13. The second-order valence-electron chi connectivity index (χ2n) is 7.87. The van der Waals surface area contributed by atoms with Crippen molar-refractivity contribution in [3.8, 4) is 0 Å². The molecule has 1 aromatic rings. The molecule has 2 unspecified atom stereocenters. The van der Waals surface area contributed by atoms with Crippen LogP contribution in [0, 0.1) is 6.92 Å². The Kier molecular flexibility index (Phi) is 4.95. The minimum atomic E-state index is -4.90. The Hall–Kier alpha value is -3.03. The third kappa shape index (κ3) is 3.62. The van der Waals surface area contributed by atoms with E-state index < -0.39 is 24.1 Å². The summed E-state index contributed by atoms with van der Waals surface area (Å²) < 4.78 is 38.0. The van der Waals surface area contributed by atoms with Crippen molar-refractivity contribution in [1.29, 1.82) is 0 Å². The Morgan fingerprint density at radius 1 is 1.20 bits per heavy atom. The minimum Gasteiger partial charge on any atom is -0.478 e. The molecule has 8 heteroatoms. The fraction of sp³-hybridized carbons (Fsp3) is 0.364. The third-order valence-corrected chi connectivity index (χ3v) is 5.93. The fourth-order valence-electron chi connectivity index (χ4n) is 4.57. The van der Waals surface area contributed by atoms with Crippen LogP contribution in [0.25, 0.3) is 11.8 Å². The maximum absolute atomic E-state index is 12.7. The molecule has 0 radical (unpaired) electrons. The van der Waals surface area contributed by atoms with Crippen LogP contribution in [0.1, 0.15) is 36.0 Å². The van der Waals surface area contributed by atoms with Gasteiger partial charge in [0.25, 0.3) is 0 Å². The van der Waals surface area contributed by atoms with Crippen LogP contribution in [-0.2, 0) is 9.59 Å².